The molecule has 0 saturated heterocycles. The van der Waals surface area contributed by atoms with Crippen molar-refractivity contribution in [2.24, 2.45) is 5.73 Å². The quantitative estimate of drug-likeness (QED) is 0.528. The van der Waals surface area contributed by atoms with Crippen LogP contribution < -0.4 is 11.5 Å². The van der Waals surface area contributed by atoms with Gasteiger partial charge in [-0.15, -0.1) is 10.2 Å². The van der Waals surface area contributed by atoms with Gasteiger partial charge in [0.25, 0.3) is 5.91 Å². The van der Waals surface area contributed by atoms with Gasteiger partial charge in [0.2, 0.25) is 0 Å². The van der Waals surface area contributed by atoms with Gasteiger partial charge in [-0.1, -0.05) is 18.2 Å². The molecule has 2 heterocycles. The van der Waals surface area contributed by atoms with Crippen LogP contribution in [0.5, 0.6) is 0 Å². The zero-order valence-corrected chi connectivity index (χ0v) is 13.0. The number of carbonyl (C=O) groups excluding carboxylic acids is 1. The molecule has 0 saturated carbocycles. The molecule has 0 radical (unpaired) electrons. The number of rotatable bonds is 2. The number of nitrogen functional groups attached to an aromatic ring is 1. The summed E-state index contributed by atoms with van der Waals surface area (Å²) in [7, 11) is 0. The van der Waals surface area contributed by atoms with Crippen molar-refractivity contribution in [1.82, 2.24) is 15.2 Å². The number of primary amides is 1. The van der Waals surface area contributed by atoms with Crippen molar-refractivity contribution in [3.63, 3.8) is 0 Å². The Morgan fingerprint density at radius 1 is 1.12 bits per heavy atom. The number of benzene rings is 2. The predicted molar refractivity (Wildman–Crippen MR) is 94.5 cm³/mol. The Bertz CT molecular complexity index is 1110. The number of fused-ring (bicyclic) bond motifs is 2. The number of aromatic amines is 1. The molecule has 0 spiro atoms. The first-order valence-corrected chi connectivity index (χ1v) is 7.48. The maximum Gasteiger partial charge on any atom is 0.271 e. The maximum absolute atomic E-state index is 11.6. The fourth-order valence-corrected chi connectivity index (χ4v) is 3.03. The molecule has 0 bridgehead atoms. The summed E-state index contributed by atoms with van der Waals surface area (Å²) in [5, 5.41) is 9.81. The van der Waals surface area contributed by atoms with E-state index in [-0.39, 0.29) is 11.4 Å². The minimum Gasteiger partial charge on any atom is -0.396 e. The van der Waals surface area contributed by atoms with Crippen molar-refractivity contribution in [3.05, 3.63) is 53.9 Å². The van der Waals surface area contributed by atoms with Gasteiger partial charge in [-0.25, -0.2) is 0 Å². The summed E-state index contributed by atoms with van der Waals surface area (Å²) in [5.41, 5.74) is 16.4. The second-order valence-corrected chi connectivity index (χ2v) is 5.81. The van der Waals surface area contributed by atoms with E-state index in [0.717, 1.165) is 27.6 Å². The summed E-state index contributed by atoms with van der Waals surface area (Å²) < 4.78 is 0. The standard InChI is InChI=1S/C18H15N5O/c1-9-6-12(11-3-2-10-4-5-21-13(10)8-11)15-14(7-9)22-23-17(16(15)19)18(20)24/h2-8,21H,1H3,(H2,19,22)(H2,20,24). The number of nitrogens with two attached hydrogens (primary N) is 2. The van der Waals surface area contributed by atoms with E-state index in [1.165, 1.54) is 0 Å². The molecule has 4 aromatic rings. The topological polar surface area (TPSA) is 111 Å². The van der Waals surface area contributed by atoms with Crippen molar-refractivity contribution in [2.45, 2.75) is 6.92 Å². The van der Waals surface area contributed by atoms with Gasteiger partial charge in [-0.2, -0.15) is 0 Å². The summed E-state index contributed by atoms with van der Waals surface area (Å²) in [4.78, 5) is 14.8. The van der Waals surface area contributed by atoms with Crippen molar-refractivity contribution in [1.29, 1.82) is 0 Å². The largest absolute Gasteiger partial charge is 0.396 e. The highest BCUT2D eigenvalue weighted by Gasteiger charge is 2.17. The van der Waals surface area contributed by atoms with E-state index in [4.69, 9.17) is 11.5 Å². The van der Waals surface area contributed by atoms with E-state index in [9.17, 15) is 4.79 Å². The smallest absolute Gasteiger partial charge is 0.271 e. The number of amides is 1. The molecule has 0 aliphatic heterocycles. The van der Waals surface area contributed by atoms with Crippen LogP contribution in [0.15, 0.2) is 42.6 Å². The van der Waals surface area contributed by atoms with Gasteiger partial charge in [0, 0.05) is 17.1 Å². The molecule has 5 N–H and O–H groups in total. The van der Waals surface area contributed by atoms with Crippen LogP contribution in [0.3, 0.4) is 0 Å². The monoisotopic (exact) mass is 317 g/mol. The number of anilines is 1. The molecule has 1 amide bonds. The molecule has 6 nitrogen and oxygen atoms in total. The summed E-state index contributed by atoms with van der Waals surface area (Å²) in [6, 6.07) is 12.0. The molecular formula is C18H15N5O. The predicted octanol–water partition coefficient (Wildman–Crippen LogP) is 2.77. The van der Waals surface area contributed by atoms with Crippen LogP contribution in [0, 0.1) is 6.92 Å². The van der Waals surface area contributed by atoms with Crippen LogP contribution in [0.2, 0.25) is 0 Å². The van der Waals surface area contributed by atoms with Gasteiger partial charge in [0.15, 0.2) is 5.69 Å². The van der Waals surface area contributed by atoms with Gasteiger partial charge < -0.3 is 16.5 Å². The van der Waals surface area contributed by atoms with E-state index in [2.05, 4.69) is 15.2 Å². The van der Waals surface area contributed by atoms with Crippen LogP contribution >= 0.6 is 0 Å². The Balaban J connectivity index is 2.09. The molecule has 0 aliphatic carbocycles. The minimum atomic E-state index is -0.687. The molecule has 6 heteroatoms. The first kappa shape index (κ1) is 14.2. The van der Waals surface area contributed by atoms with E-state index in [1.54, 1.807) is 0 Å². The van der Waals surface area contributed by atoms with Crippen LogP contribution in [-0.4, -0.2) is 21.1 Å². The molecule has 2 aromatic heterocycles. The summed E-state index contributed by atoms with van der Waals surface area (Å²) in [5.74, 6) is -0.687. The van der Waals surface area contributed by atoms with Crippen molar-refractivity contribution < 1.29 is 4.79 Å². The van der Waals surface area contributed by atoms with Gasteiger partial charge in [-0.3, -0.25) is 4.79 Å². The van der Waals surface area contributed by atoms with E-state index in [0.29, 0.717) is 10.9 Å². The molecule has 0 fully saturated rings. The number of H-pyrrole nitrogens is 1. The third kappa shape index (κ3) is 2.08. The lowest BCUT2D eigenvalue weighted by atomic mass is 9.96. The van der Waals surface area contributed by atoms with Crippen LogP contribution in [-0.2, 0) is 0 Å². The zero-order valence-electron chi connectivity index (χ0n) is 13.0. The Morgan fingerprint density at radius 2 is 1.96 bits per heavy atom. The molecular weight excluding hydrogens is 302 g/mol. The second-order valence-electron chi connectivity index (χ2n) is 5.81. The van der Waals surface area contributed by atoms with E-state index in [1.807, 2.05) is 49.5 Å². The number of aryl methyl sites for hydroxylation is 1. The van der Waals surface area contributed by atoms with Crippen LogP contribution in [0.4, 0.5) is 5.69 Å². The number of aromatic nitrogens is 3. The van der Waals surface area contributed by atoms with Crippen LogP contribution in [0.1, 0.15) is 16.1 Å². The second kappa shape index (κ2) is 5.06. The third-order valence-electron chi connectivity index (χ3n) is 4.14. The first-order chi connectivity index (χ1) is 11.5. The van der Waals surface area contributed by atoms with Crippen molar-refractivity contribution >= 4 is 33.4 Å². The van der Waals surface area contributed by atoms with Gasteiger partial charge in [0.1, 0.15) is 0 Å². The number of hydrogen-bond donors (Lipinski definition) is 3. The molecule has 24 heavy (non-hydrogen) atoms. The van der Waals surface area contributed by atoms with Gasteiger partial charge in [-0.05, 0) is 47.2 Å². The highest BCUT2D eigenvalue weighted by molar-refractivity contribution is 6.09. The lowest BCUT2D eigenvalue weighted by Crippen LogP contribution is -2.17. The third-order valence-corrected chi connectivity index (χ3v) is 4.14. The zero-order chi connectivity index (χ0) is 16.8. The summed E-state index contributed by atoms with van der Waals surface area (Å²) in [6.07, 6.45) is 1.90. The van der Waals surface area contributed by atoms with Gasteiger partial charge >= 0.3 is 0 Å². The number of hydrogen-bond acceptors (Lipinski definition) is 4. The normalized spacial score (nSPS) is 11.2. The number of nitrogens with zero attached hydrogens (tertiary/aromatic N) is 2. The molecule has 0 unspecified atom stereocenters. The fraction of sp³-hybridized carbons (Fsp3) is 0.0556. The fourth-order valence-electron chi connectivity index (χ4n) is 3.03. The Morgan fingerprint density at radius 3 is 2.75 bits per heavy atom. The molecule has 4 rings (SSSR count). The Labute approximate surface area is 137 Å². The highest BCUT2D eigenvalue weighted by atomic mass is 16.1. The minimum absolute atomic E-state index is 0.00597. The number of carbonyl (C=O) groups is 1. The average molecular weight is 317 g/mol. The highest BCUT2D eigenvalue weighted by Crippen LogP contribution is 2.35. The van der Waals surface area contributed by atoms with Gasteiger partial charge in [0.05, 0.1) is 11.2 Å². The molecule has 0 aliphatic rings. The summed E-state index contributed by atoms with van der Waals surface area (Å²) >= 11 is 0. The van der Waals surface area contributed by atoms with E-state index < -0.39 is 5.91 Å². The van der Waals surface area contributed by atoms with E-state index >= 15 is 0 Å². The lowest BCUT2D eigenvalue weighted by Gasteiger charge is -2.12. The summed E-state index contributed by atoms with van der Waals surface area (Å²) in [6.45, 7) is 1.98. The first-order valence-electron chi connectivity index (χ1n) is 7.48. The molecule has 0 atom stereocenters. The Hall–Kier alpha value is -3.41. The maximum atomic E-state index is 11.6. The van der Waals surface area contributed by atoms with Crippen LogP contribution in [0.25, 0.3) is 32.9 Å². The lowest BCUT2D eigenvalue weighted by molar-refractivity contribution is 0.0996. The van der Waals surface area contributed by atoms with Crippen molar-refractivity contribution in [3.8, 4) is 11.1 Å². The average Bonchev–Trinajstić information content (AvgIpc) is 3.01. The van der Waals surface area contributed by atoms with Crippen molar-refractivity contribution in [2.75, 3.05) is 5.73 Å². The molecule has 118 valence electrons. The molecule has 2 aromatic carbocycles. The number of nitrogens with one attached hydrogen (secondary N) is 1. The Kier molecular flexibility index (Phi) is 2.99. The SMILES string of the molecule is Cc1cc(-c2ccc3cc[nH]c3c2)c2c(N)c(C(N)=O)nnc2c1.